The molecule has 1 radical (unpaired) electrons. The summed E-state index contributed by atoms with van der Waals surface area (Å²) in [5.41, 5.74) is 0. The Balaban J connectivity index is 0.000000378. The number of hydrogen-bond acceptors (Lipinski definition) is 1. The van der Waals surface area contributed by atoms with Crippen molar-refractivity contribution in [3.8, 4) is 0 Å². The van der Waals surface area contributed by atoms with Gasteiger partial charge in [0.25, 0.3) is 0 Å². The van der Waals surface area contributed by atoms with Crippen molar-refractivity contribution in [3.05, 3.63) is 121 Å². The molecule has 0 aliphatic heterocycles. The summed E-state index contributed by atoms with van der Waals surface area (Å²) >= 11 is 0. The standard InChI is InChI=1S/2C17H23PSi.CH2O.Rh/c2*1-19(2,3)15-14-18(16-10-6-4-7-11-16)17-12-8-5-9-13-17;1-2;/h2*4-13H,14-15H2,1-3H3;1H2;. The summed E-state index contributed by atoms with van der Waals surface area (Å²) in [4.78, 5) is 8.00. The molecule has 4 rings (SSSR count). The molecule has 4 aromatic rings. The van der Waals surface area contributed by atoms with Gasteiger partial charge in [0, 0.05) is 35.6 Å². The van der Waals surface area contributed by atoms with E-state index in [4.69, 9.17) is 4.79 Å². The third-order valence-electron chi connectivity index (χ3n) is 6.44. The number of carbonyl (C=O) groups excluding carboxylic acids is 1. The number of benzene rings is 4. The van der Waals surface area contributed by atoms with Crippen LogP contribution in [-0.2, 0) is 24.3 Å². The van der Waals surface area contributed by atoms with Crippen LogP contribution in [0.3, 0.4) is 0 Å². The summed E-state index contributed by atoms with van der Waals surface area (Å²) in [7, 11) is -2.30. The van der Waals surface area contributed by atoms with E-state index >= 15 is 0 Å². The molecule has 41 heavy (non-hydrogen) atoms. The maximum Gasteiger partial charge on any atom is 0.106 e. The van der Waals surface area contributed by atoms with Crippen molar-refractivity contribution in [3.63, 3.8) is 0 Å². The quantitative estimate of drug-likeness (QED) is 0.119. The average molecular weight is 706 g/mol. The molecule has 0 aliphatic rings. The third-order valence-corrected chi connectivity index (χ3v) is 15.8. The molecule has 0 unspecified atom stereocenters. The first-order valence-electron chi connectivity index (χ1n) is 14.2. The smallest absolute Gasteiger partial charge is 0.106 e. The molecule has 0 spiro atoms. The van der Waals surface area contributed by atoms with Gasteiger partial charge in [-0.2, -0.15) is 0 Å². The first-order valence-corrected chi connectivity index (χ1v) is 24.6. The van der Waals surface area contributed by atoms with Crippen molar-refractivity contribution in [1.29, 1.82) is 0 Å². The minimum Gasteiger partial charge on any atom is -0.307 e. The van der Waals surface area contributed by atoms with Gasteiger partial charge in [-0.15, -0.1) is 0 Å². The van der Waals surface area contributed by atoms with Crippen LogP contribution in [0, 0.1) is 0 Å². The van der Waals surface area contributed by atoms with Gasteiger partial charge in [-0.3, -0.25) is 0 Å². The molecule has 0 amide bonds. The Hall–Kier alpha value is -1.53. The van der Waals surface area contributed by atoms with E-state index in [1.807, 2.05) is 6.79 Å². The van der Waals surface area contributed by atoms with Crippen LogP contribution in [0.4, 0.5) is 0 Å². The van der Waals surface area contributed by atoms with Crippen molar-refractivity contribution in [2.24, 2.45) is 0 Å². The van der Waals surface area contributed by atoms with Gasteiger partial charge in [-0.05, 0) is 49.4 Å². The minimum absolute atomic E-state index is 0. The molecule has 0 saturated heterocycles. The molecule has 1 nitrogen and oxygen atoms in total. The van der Waals surface area contributed by atoms with E-state index in [2.05, 4.69) is 161 Å². The van der Waals surface area contributed by atoms with Gasteiger partial charge in [0.15, 0.2) is 0 Å². The molecule has 0 N–H and O–H groups in total. The Morgan fingerprint density at radius 3 is 0.805 bits per heavy atom. The maximum absolute atomic E-state index is 8.00. The number of carbonyl (C=O) groups is 1. The van der Waals surface area contributed by atoms with Crippen LogP contribution in [0.15, 0.2) is 121 Å². The predicted octanol–water partition coefficient (Wildman–Crippen LogP) is 8.73. The molecular formula is C35H48OP2RhSi2. The van der Waals surface area contributed by atoms with E-state index in [0.29, 0.717) is 0 Å². The van der Waals surface area contributed by atoms with E-state index in [1.165, 1.54) is 45.6 Å². The Morgan fingerprint density at radius 2 is 0.634 bits per heavy atom. The van der Waals surface area contributed by atoms with Crippen LogP contribution in [0.25, 0.3) is 0 Å². The van der Waals surface area contributed by atoms with Crippen molar-refractivity contribution in [2.75, 3.05) is 12.3 Å². The van der Waals surface area contributed by atoms with E-state index in [0.717, 1.165) is 0 Å². The van der Waals surface area contributed by atoms with Crippen LogP contribution in [0.2, 0.25) is 51.4 Å². The number of hydrogen-bond donors (Lipinski definition) is 0. The SMILES string of the molecule is C=O.C[Si](C)(C)CCP(c1ccccc1)c1ccccc1.C[Si](C)(C)CCP(c1ccccc1)c1ccccc1.[Rh]. The summed E-state index contributed by atoms with van der Waals surface area (Å²) in [5, 5.41) is 6.06. The monoisotopic (exact) mass is 705 g/mol. The molecule has 0 saturated carbocycles. The zero-order valence-electron chi connectivity index (χ0n) is 25.7. The summed E-state index contributed by atoms with van der Waals surface area (Å²) in [5.74, 6) is 0. The van der Waals surface area contributed by atoms with Crippen LogP contribution in [0.1, 0.15) is 0 Å². The van der Waals surface area contributed by atoms with Crippen LogP contribution in [0.5, 0.6) is 0 Å². The summed E-state index contributed by atoms with van der Waals surface area (Å²) in [6.45, 7) is 16.8. The molecule has 0 aliphatic carbocycles. The Labute approximate surface area is 267 Å². The van der Waals surface area contributed by atoms with Crippen LogP contribution < -0.4 is 21.2 Å². The third kappa shape index (κ3) is 15.0. The molecule has 0 heterocycles. The second-order valence-electron chi connectivity index (χ2n) is 12.3. The van der Waals surface area contributed by atoms with Gasteiger partial charge in [-0.25, -0.2) is 0 Å². The molecule has 4 aromatic carbocycles. The second kappa shape index (κ2) is 19.6. The van der Waals surface area contributed by atoms with Gasteiger partial charge in [0.2, 0.25) is 0 Å². The van der Waals surface area contributed by atoms with Gasteiger partial charge < -0.3 is 4.79 Å². The maximum atomic E-state index is 8.00. The fourth-order valence-corrected chi connectivity index (χ4v) is 15.1. The fourth-order valence-electron chi connectivity index (χ4n) is 4.14. The molecule has 221 valence electrons. The summed E-state index contributed by atoms with van der Waals surface area (Å²) in [6, 6.07) is 47.0. The average Bonchev–Trinajstić information content (AvgIpc) is 2.96. The van der Waals surface area contributed by atoms with Gasteiger partial charge in [0.05, 0.1) is 0 Å². The van der Waals surface area contributed by atoms with Gasteiger partial charge in [0.1, 0.15) is 6.79 Å². The van der Waals surface area contributed by atoms with E-state index in [9.17, 15) is 0 Å². The largest absolute Gasteiger partial charge is 0.307 e. The Kier molecular flexibility index (Phi) is 17.9. The summed E-state index contributed by atoms with van der Waals surface area (Å²) in [6.07, 6.45) is 2.66. The Bertz CT molecular complexity index is 1020. The second-order valence-corrected chi connectivity index (χ2v) is 28.2. The van der Waals surface area contributed by atoms with E-state index in [1.54, 1.807) is 0 Å². The normalized spacial score (nSPS) is 11.0. The van der Waals surface area contributed by atoms with Crippen LogP contribution in [-0.4, -0.2) is 35.3 Å². The first-order chi connectivity index (χ1) is 19.1. The van der Waals surface area contributed by atoms with Crippen molar-refractivity contribution in [2.45, 2.75) is 51.4 Å². The van der Waals surface area contributed by atoms with Gasteiger partial charge in [-0.1, -0.05) is 173 Å². The molecule has 0 fully saturated rings. The van der Waals surface area contributed by atoms with Gasteiger partial charge >= 0.3 is 0 Å². The molecule has 0 atom stereocenters. The molecule has 0 bridgehead atoms. The van der Waals surface area contributed by atoms with Crippen molar-refractivity contribution >= 4 is 60.0 Å². The van der Waals surface area contributed by atoms with Crippen LogP contribution >= 0.6 is 15.8 Å². The molecular weight excluding hydrogens is 657 g/mol. The van der Waals surface area contributed by atoms with E-state index < -0.39 is 16.1 Å². The minimum atomic E-state index is -0.970. The zero-order chi connectivity index (χ0) is 29.4. The first kappa shape index (κ1) is 37.5. The van der Waals surface area contributed by atoms with Crippen molar-refractivity contribution in [1.82, 2.24) is 0 Å². The molecule has 6 heteroatoms. The zero-order valence-corrected chi connectivity index (χ0v) is 31.1. The van der Waals surface area contributed by atoms with E-state index in [-0.39, 0.29) is 35.3 Å². The topological polar surface area (TPSA) is 17.1 Å². The predicted molar refractivity (Wildman–Crippen MR) is 191 cm³/mol. The number of rotatable bonds is 10. The Morgan fingerprint density at radius 1 is 0.439 bits per heavy atom. The summed E-state index contributed by atoms with van der Waals surface area (Å²) < 4.78 is 0. The molecule has 0 aromatic heterocycles. The van der Waals surface area contributed by atoms with Crippen molar-refractivity contribution < 1.29 is 24.3 Å². The fraction of sp³-hybridized carbons (Fsp3) is 0.286.